The third-order valence-corrected chi connectivity index (χ3v) is 2.91. The van der Waals surface area contributed by atoms with Gasteiger partial charge in [0.2, 0.25) is 11.6 Å². The first-order valence-electron chi connectivity index (χ1n) is 3.81. The molecular formula is C9H10O2. The van der Waals surface area contributed by atoms with E-state index in [2.05, 4.69) is 0 Å². The summed E-state index contributed by atoms with van der Waals surface area (Å²) in [5.41, 5.74) is -0.145. The maximum Gasteiger partial charge on any atom is 0.206 e. The van der Waals surface area contributed by atoms with Crippen molar-refractivity contribution in [1.82, 2.24) is 0 Å². The van der Waals surface area contributed by atoms with E-state index >= 15 is 0 Å². The maximum atomic E-state index is 11.2. The highest BCUT2D eigenvalue weighted by Crippen LogP contribution is 2.49. The predicted octanol–water partition coefficient (Wildman–Crippen LogP) is 0.967. The Kier molecular flexibility index (Phi) is 1.00. The van der Waals surface area contributed by atoms with Gasteiger partial charge in [0.05, 0.1) is 0 Å². The Morgan fingerprint density at radius 1 is 1.09 bits per heavy atom. The lowest BCUT2D eigenvalue weighted by Gasteiger charge is -2.20. The third-order valence-electron chi connectivity index (χ3n) is 2.91. The van der Waals surface area contributed by atoms with Gasteiger partial charge < -0.3 is 0 Å². The minimum atomic E-state index is -0.192. The summed E-state index contributed by atoms with van der Waals surface area (Å²) in [5.74, 6) is -0.662. The molecule has 2 aliphatic rings. The molecule has 2 bridgehead atoms. The number of ketones is 2. The van der Waals surface area contributed by atoms with Gasteiger partial charge in [-0.1, -0.05) is 26.0 Å². The lowest BCUT2D eigenvalue weighted by Crippen LogP contribution is -2.19. The van der Waals surface area contributed by atoms with Crippen LogP contribution >= 0.6 is 0 Å². The van der Waals surface area contributed by atoms with E-state index in [-0.39, 0.29) is 28.8 Å². The Labute approximate surface area is 65.3 Å². The summed E-state index contributed by atoms with van der Waals surface area (Å²) in [6.45, 7) is 3.95. The fourth-order valence-electron chi connectivity index (χ4n) is 2.07. The lowest BCUT2D eigenvalue weighted by atomic mass is 9.81. The van der Waals surface area contributed by atoms with Crippen LogP contribution in [0.3, 0.4) is 0 Å². The molecule has 1 saturated carbocycles. The molecule has 2 rings (SSSR count). The van der Waals surface area contributed by atoms with Crippen molar-refractivity contribution in [1.29, 1.82) is 0 Å². The highest BCUT2D eigenvalue weighted by molar-refractivity contribution is 6.42. The van der Waals surface area contributed by atoms with Crippen molar-refractivity contribution in [3.63, 3.8) is 0 Å². The highest BCUT2D eigenvalue weighted by atomic mass is 16.2. The van der Waals surface area contributed by atoms with E-state index in [9.17, 15) is 9.59 Å². The van der Waals surface area contributed by atoms with Gasteiger partial charge in [-0.25, -0.2) is 0 Å². The standard InChI is InChI=1S/C9H10O2/c1-9(2)5-3-4-6(9)8(11)7(5)10/h3-6H,1-2H3. The number of Topliss-reactive ketones (excluding diaryl/α,β-unsaturated/α-hetero) is 2. The second-order valence-electron chi connectivity index (χ2n) is 3.89. The largest absolute Gasteiger partial charge is 0.290 e. The Bertz CT molecular complexity index is 247. The molecule has 2 unspecified atom stereocenters. The van der Waals surface area contributed by atoms with Gasteiger partial charge in [0.15, 0.2) is 0 Å². The van der Waals surface area contributed by atoms with Crippen molar-refractivity contribution in [2.75, 3.05) is 0 Å². The number of fused-ring (bicyclic) bond motifs is 2. The van der Waals surface area contributed by atoms with Gasteiger partial charge in [0.1, 0.15) is 0 Å². The van der Waals surface area contributed by atoms with Crippen LogP contribution < -0.4 is 0 Å². The third kappa shape index (κ3) is 0.577. The molecule has 2 nitrogen and oxygen atoms in total. The SMILES string of the molecule is CC1(C)C2C=CC1C(=O)C2=O. The van der Waals surface area contributed by atoms with Crippen molar-refractivity contribution in [3.05, 3.63) is 12.2 Å². The van der Waals surface area contributed by atoms with E-state index in [1.807, 2.05) is 26.0 Å². The Morgan fingerprint density at radius 2 is 1.45 bits per heavy atom. The molecule has 2 aliphatic carbocycles. The number of hydrogen-bond donors (Lipinski definition) is 0. The van der Waals surface area contributed by atoms with E-state index in [0.29, 0.717) is 0 Å². The summed E-state index contributed by atoms with van der Waals surface area (Å²) in [6, 6.07) is 0. The number of allylic oxidation sites excluding steroid dienone is 2. The zero-order valence-electron chi connectivity index (χ0n) is 6.63. The average Bonchev–Trinajstić information content (AvgIpc) is 2.27. The van der Waals surface area contributed by atoms with E-state index < -0.39 is 0 Å². The summed E-state index contributed by atoms with van der Waals surface area (Å²) in [7, 11) is 0. The molecular weight excluding hydrogens is 140 g/mol. The van der Waals surface area contributed by atoms with Gasteiger partial charge in [-0.15, -0.1) is 0 Å². The highest BCUT2D eigenvalue weighted by Gasteiger charge is 2.55. The molecule has 0 spiro atoms. The van der Waals surface area contributed by atoms with Gasteiger partial charge in [0.25, 0.3) is 0 Å². The van der Waals surface area contributed by atoms with Crippen LogP contribution in [0, 0.1) is 17.3 Å². The van der Waals surface area contributed by atoms with Gasteiger partial charge in [-0.3, -0.25) is 9.59 Å². The first kappa shape index (κ1) is 6.77. The topological polar surface area (TPSA) is 34.1 Å². The fraction of sp³-hybridized carbons (Fsp3) is 0.556. The molecule has 0 aromatic heterocycles. The van der Waals surface area contributed by atoms with Crippen molar-refractivity contribution < 1.29 is 9.59 Å². The van der Waals surface area contributed by atoms with Crippen LogP contribution in [0.15, 0.2) is 12.2 Å². The van der Waals surface area contributed by atoms with Crippen molar-refractivity contribution in [3.8, 4) is 0 Å². The molecule has 2 heteroatoms. The Morgan fingerprint density at radius 3 is 1.64 bits per heavy atom. The molecule has 0 aromatic carbocycles. The van der Waals surface area contributed by atoms with Crippen LogP contribution in [-0.4, -0.2) is 11.6 Å². The smallest absolute Gasteiger partial charge is 0.206 e. The summed E-state index contributed by atoms with van der Waals surface area (Å²) in [4.78, 5) is 22.4. The molecule has 0 radical (unpaired) electrons. The van der Waals surface area contributed by atoms with Gasteiger partial charge >= 0.3 is 0 Å². The van der Waals surface area contributed by atoms with Crippen LogP contribution in [0.5, 0.6) is 0 Å². The van der Waals surface area contributed by atoms with E-state index in [4.69, 9.17) is 0 Å². The number of carbonyl (C=O) groups is 2. The van der Waals surface area contributed by atoms with Crippen LogP contribution in [0.4, 0.5) is 0 Å². The number of carbonyl (C=O) groups excluding carboxylic acids is 2. The molecule has 0 saturated heterocycles. The summed E-state index contributed by atoms with van der Waals surface area (Å²) in [5, 5.41) is 0. The quantitative estimate of drug-likeness (QED) is 0.381. The average molecular weight is 150 g/mol. The number of rotatable bonds is 0. The molecule has 0 N–H and O–H groups in total. The molecule has 58 valence electrons. The normalized spacial score (nSPS) is 38.7. The van der Waals surface area contributed by atoms with Crippen LogP contribution in [-0.2, 0) is 9.59 Å². The molecule has 1 fully saturated rings. The Hall–Kier alpha value is -0.920. The van der Waals surface area contributed by atoms with Crippen molar-refractivity contribution in [2.45, 2.75) is 13.8 Å². The first-order valence-corrected chi connectivity index (χ1v) is 3.81. The zero-order valence-corrected chi connectivity index (χ0v) is 6.63. The van der Waals surface area contributed by atoms with Gasteiger partial charge in [0, 0.05) is 11.8 Å². The summed E-state index contributed by atoms with van der Waals surface area (Å²) in [6.07, 6.45) is 3.74. The molecule has 0 heterocycles. The molecule has 0 aromatic rings. The monoisotopic (exact) mass is 150 g/mol. The minimum absolute atomic E-state index is 0.139. The summed E-state index contributed by atoms with van der Waals surface area (Å²) >= 11 is 0. The van der Waals surface area contributed by atoms with E-state index in [1.54, 1.807) is 0 Å². The minimum Gasteiger partial charge on any atom is -0.290 e. The summed E-state index contributed by atoms with van der Waals surface area (Å²) < 4.78 is 0. The molecule has 0 amide bonds. The van der Waals surface area contributed by atoms with Crippen LogP contribution in [0.2, 0.25) is 0 Å². The van der Waals surface area contributed by atoms with Crippen LogP contribution in [0.1, 0.15) is 13.8 Å². The maximum absolute atomic E-state index is 11.2. The first-order chi connectivity index (χ1) is 5.05. The van der Waals surface area contributed by atoms with E-state index in [1.165, 1.54) is 0 Å². The molecule has 2 atom stereocenters. The lowest BCUT2D eigenvalue weighted by molar-refractivity contribution is -0.136. The second kappa shape index (κ2) is 1.63. The number of hydrogen-bond acceptors (Lipinski definition) is 2. The van der Waals surface area contributed by atoms with Gasteiger partial charge in [-0.05, 0) is 5.41 Å². The second-order valence-corrected chi connectivity index (χ2v) is 3.89. The van der Waals surface area contributed by atoms with Crippen molar-refractivity contribution >= 4 is 11.6 Å². The molecule has 11 heavy (non-hydrogen) atoms. The van der Waals surface area contributed by atoms with E-state index in [0.717, 1.165) is 0 Å². The van der Waals surface area contributed by atoms with Crippen LogP contribution in [0.25, 0.3) is 0 Å². The zero-order chi connectivity index (χ0) is 8.22. The van der Waals surface area contributed by atoms with Crippen molar-refractivity contribution in [2.24, 2.45) is 17.3 Å². The molecule has 0 aliphatic heterocycles. The fourth-order valence-corrected chi connectivity index (χ4v) is 2.07. The predicted molar refractivity (Wildman–Crippen MR) is 39.9 cm³/mol. The Balaban J connectivity index is 2.54. The van der Waals surface area contributed by atoms with Gasteiger partial charge in [-0.2, -0.15) is 0 Å².